The van der Waals surface area contributed by atoms with Gasteiger partial charge in [-0.3, -0.25) is 0 Å². The topological polar surface area (TPSA) is 48.0 Å². The summed E-state index contributed by atoms with van der Waals surface area (Å²) in [4.78, 5) is 14.7. The van der Waals surface area contributed by atoms with Crippen molar-refractivity contribution in [2.75, 3.05) is 20.7 Å². The van der Waals surface area contributed by atoms with Crippen LogP contribution in [0.15, 0.2) is 43.0 Å². The molecule has 0 amide bonds. The molecule has 4 rings (SSSR count). The molecular weight excluding hydrogens is 404 g/mol. The van der Waals surface area contributed by atoms with Crippen molar-refractivity contribution in [2.45, 2.75) is 37.5 Å². The summed E-state index contributed by atoms with van der Waals surface area (Å²) in [5.41, 5.74) is 2.03. The fraction of sp³-hybridized carbons (Fsp3) is 0.375. The summed E-state index contributed by atoms with van der Waals surface area (Å²) < 4.78 is 44.4. The Hall–Kier alpha value is -2.93. The molecule has 2 aliphatic rings. The molecule has 7 heteroatoms. The Balaban J connectivity index is 1.55. The van der Waals surface area contributed by atoms with E-state index in [4.69, 9.17) is 14.2 Å². The van der Waals surface area contributed by atoms with Gasteiger partial charge in [0.1, 0.15) is 23.8 Å². The quantitative estimate of drug-likeness (QED) is 0.501. The van der Waals surface area contributed by atoms with Crippen LogP contribution >= 0.6 is 0 Å². The van der Waals surface area contributed by atoms with Gasteiger partial charge < -0.3 is 19.1 Å². The minimum Gasteiger partial charge on any atom is -0.493 e. The number of carbonyl (C=O) groups is 1. The smallest absolute Gasteiger partial charge is 0.341 e. The third kappa shape index (κ3) is 4.14. The fourth-order valence-electron chi connectivity index (χ4n) is 4.42. The molecule has 0 aromatic heterocycles. The Kier molecular flexibility index (Phi) is 5.96. The van der Waals surface area contributed by atoms with Gasteiger partial charge in [0.15, 0.2) is 11.5 Å². The summed E-state index contributed by atoms with van der Waals surface area (Å²) in [5, 5.41) is 0. The predicted octanol–water partition coefficient (Wildman–Crippen LogP) is 4.46. The van der Waals surface area contributed by atoms with Crippen LogP contribution in [0, 0.1) is 11.6 Å². The second kappa shape index (κ2) is 8.67. The van der Waals surface area contributed by atoms with Gasteiger partial charge in [-0.1, -0.05) is 18.7 Å². The highest BCUT2D eigenvalue weighted by Crippen LogP contribution is 2.50. The van der Waals surface area contributed by atoms with Crippen LogP contribution in [-0.2, 0) is 11.3 Å². The average Bonchev–Trinajstić information content (AvgIpc) is 3.00. The zero-order valence-corrected chi connectivity index (χ0v) is 17.6. The molecule has 0 N–H and O–H groups in total. The van der Waals surface area contributed by atoms with Gasteiger partial charge in [-0.05, 0) is 43.8 Å². The number of esters is 1. The zero-order valence-electron chi connectivity index (χ0n) is 17.6. The number of methoxy groups -OCH3 is 1. The summed E-state index contributed by atoms with van der Waals surface area (Å²) in [6, 6.07) is 6.74. The molecule has 0 spiro atoms. The largest absolute Gasteiger partial charge is 0.493 e. The number of benzene rings is 2. The lowest BCUT2D eigenvalue weighted by molar-refractivity contribution is 0.0286. The minimum absolute atomic E-state index is 0.119. The maximum atomic E-state index is 14.0. The molecule has 2 heterocycles. The second-order valence-electron chi connectivity index (χ2n) is 8.00. The van der Waals surface area contributed by atoms with Gasteiger partial charge in [0.25, 0.3) is 0 Å². The van der Waals surface area contributed by atoms with Crippen molar-refractivity contribution in [3.63, 3.8) is 0 Å². The molecule has 0 saturated heterocycles. The zero-order chi connectivity index (χ0) is 22.1. The molecule has 5 nitrogen and oxygen atoms in total. The Labute approximate surface area is 180 Å². The van der Waals surface area contributed by atoms with Crippen LogP contribution in [0.5, 0.6) is 11.5 Å². The fourth-order valence-corrected chi connectivity index (χ4v) is 4.42. The number of halogens is 2. The molecule has 2 aromatic rings. The van der Waals surface area contributed by atoms with Crippen LogP contribution in [0.1, 0.15) is 40.2 Å². The molecule has 164 valence electrons. The maximum absolute atomic E-state index is 14.0. The highest BCUT2D eigenvalue weighted by atomic mass is 19.1. The van der Waals surface area contributed by atoms with E-state index < -0.39 is 23.7 Å². The van der Waals surface area contributed by atoms with E-state index in [-0.39, 0.29) is 17.6 Å². The van der Waals surface area contributed by atoms with E-state index in [1.165, 1.54) is 11.6 Å². The Morgan fingerprint density at radius 3 is 2.87 bits per heavy atom. The van der Waals surface area contributed by atoms with E-state index in [9.17, 15) is 13.6 Å². The van der Waals surface area contributed by atoms with E-state index >= 15 is 0 Å². The first-order chi connectivity index (χ1) is 14.9. The first-order valence-electron chi connectivity index (χ1n) is 10.2. The van der Waals surface area contributed by atoms with E-state index in [1.807, 2.05) is 6.07 Å². The standard InChI is InChI=1S/C24H25F2NO4/c1-4-16(30-24(28)17-7-6-15(25)11-19(17)26)12-21-18-9-10-27(2)13-14-5-8-20(29-3)23(31-21)22(14)18/h4-8,11,16,18,21H,1,9-10,12-13H2,2-3H3. The molecule has 0 saturated carbocycles. The lowest BCUT2D eigenvalue weighted by Crippen LogP contribution is -2.29. The van der Waals surface area contributed by atoms with Crippen molar-refractivity contribution in [3.8, 4) is 11.5 Å². The normalized spacial score (nSPS) is 20.9. The van der Waals surface area contributed by atoms with Gasteiger partial charge in [0, 0.05) is 30.5 Å². The Morgan fingerprint density at radius 1 is 1.35 bits per heavy atom. The Bertz CT molecular complexity index is 1010. The molecule has 2 aromatic carbocycles. The first-order valence-corrected chi connectivity index (χ1v) is 10.2. The number of carbonyl (C=O) groups excluding carboxylic acids is 1. The number of rotatable bonds is 6. The molecule has 2 aliphatic heterocycles. The highest BCUT2D eigenvalue weighted by Gasteiger charge is 2.41. The number of ether oxygens (including phenoxy) is 3. The van der Waals surface area contributed by atoms with Crippen molar-refractivity contribution >= 4 is 5.97 Å². The predicted molar refractivity (Wildman–Crippen MR) is 111 cm³/mol. The van der Waals surface area contributed by atoms with Gasteiger partial charge in [-0.2, -0.15) is 0 Å². The monoisotopic (exact) mass is 429 g/mol. The Morgan fingerprint density at radius 2 is 2.16 bits per heavy atom. The van der Waals surface area contributed by atoms with Gasteiger partial charge in [0.05, 0.1) is 12.7 Å². The molecule has 0 aliphatic carbocycles. The number of hydrogen-bond donors (Lipinski definition) is 0. The average molecular weight is 429 g/mol. The lowest BCUT2D eigenvalue weighted by atomic mass is 9.87. The van der Waals surface area contributed by atoms with Crippen LogP contribution in [-0.4, -0.2) is 43.8 Å². The summed E-state index contributed by atoms with van der Waals surface area (Å²) in [7, 11) is 3.69. The van der Waals surface area contributed by atoms with Crippen molar-refractivity contribution in [2.24, 2.45) is 0 Å². The first kappa shape index (κ1) is 21.3. The molecule has 0 radical (unpaired) electrons. The highest BCUT2D eigenvalue weighted by molar-refractivity contribution is 5.89. The van der Waals surface area contributed by atoms with E-state index in [0.29, 0.717) is 18.2 Å². The SMILES string of the molecule is C=CC(CC1Oc2c(OC)ccc3c2C1CCN(C)C3)OC(=O)c1ccc(F)cc1F. The van der Waals surface area contributed by atoms with Crippen molar-refractivity contribution in [3.05, 3.63) is 71.3 Å². The van der Waals surface area contributed by atoms with Crippen molar-refractivity contribution < 1.29 is 27.8 Å². The third-order valence-corrected chi connectivity index (χ3v) is 5.96. The summed E-state index contributed by atoms with van der Waals surface area (Å²) in [6.07, 6.45) is 1.83. The molecule has 3 atom stereocenters. The summed E-state index contributed by atoms with van der Waals surface area (Å²) in [5.74, 6) is -1.04. The second-order valence-corrected chi connectivity index (χ2v) is 8.00. The molecule has 31 heavy (non-hydrogen) atoms. The van der Waals surface area contributed by atoms with Gasteiger partial charge >= 0.3 is 5.97 Å². The van der Waals surface area contributed by atoms with Gasteiger partial charge in [0.2, 0.25) is 0 Å². The van der Waals surface area contributed by atoms with Crippen molar-refractivity contribution in [1.82, 2.24) is 4.90 Å². The molecule has 0 bridgehead atoms. The van der Waals surface area contributed by atoms with E-state index in [0.717, 1.165) is 43.0 Å². The van der Waals surface area contributed by atoms with Crippen LogP contribution in [0.25, 0.3) is 0 Å². The van der Waals surface area contributed by atoms with Crippen LogP contribution in [0.3, 0.4) is 0 Å². The van der Waals surface area contributed by atoms with Gasteiger partial charge in [-0.25, -0.2) is 13.6 Å². The van der Waals surface area contributed by atoms with E-state index in [2.05, 4.69) is 24.6 Å². The minimum atomic E-state index is -0.960. The number of nitrogens with zero attached hydrogens (tertiary/aromatic N) is 1. The number of hydrogen-bond acceptors (Lipinski definition) is 5. The lowest BCUT2D eigenvalue weighted by Gasteiger charge is -2.23. The van der Waals surface area contributed by atoms with E-state index in [1.54, 1.807) is 7.11 Å². The van der Waals surface area contributed by atoms with Crippen molar-refractivity contribution in [1.29, 1.82) is 0 Å². The third-order valence-electron chi connectivity index (χ3n) is 5.96. The molecular formula is C24H25F2NO4. The van der Waals surface area contributed by atoms with Gasteiger partial charge in [-0.15, -0.1) is 0 Å². The molecule has 3 unspecified atom stereocenters. The van der Waals surface area contributed by atoms with Crippen LogP contribution in [0.2, 0.25) is 0 Å². The maximum Gasteiger partial charge on any atom is 0.341 e. The van der Waals surface area contributed by atoms with Crippen LogP contribution in [0.4, 0.5) is 8.78 Å². The molecule has 0 fully saturated rings. The summed E-state index contributed by atoms with van der Waals surface area (Å²) >= 11 is 0. The summed E-state index contributed by atoms with van der Waals surface area (Å²) in [6.45, 7) is 5.49. The van der Waals surface area contributed by atoms with Crippen LogP contribution < -0.4 is 9.47 Å².